The van der Waals surface area contributed by atoms with E-state index in [-0.39, 0.29) is 5.91 Å². The monoisotopic (exact) mass is 279 g/mol. The van der Waals surface area contributed by atoms with Crippen LogP contribution in [0.25, 0.3) is 0 Å². The second-order valence-corrected chi connectivity index (χ2v) is 4.70. The van der Waals surface area contributed by atoms with Crippen molar-refractivity contribution in [3.8, 4) is 0 Å². The lowest BCUT2D eigenvalue weighted by Gasteiger charge is -2.20. The van der Waals surface area contributed by atoms with E-state index < -0.39 is 0 Å². The highest BCUT2D eigenvalue weighted by atomic mass is 16.5. The van der Waals surface area contributed by atoms with E-state index in [1.54, 1.807) is 7.11 Å². The van der Waals surface area contributed by atoms with Gasteiger partial charge in [-0.3, -0.25) is 9.69 Å². The van der Waals surface area contributed by atoms with E-state index in [2.05, 4.69) is 10.2 Å². The van der Waals surface area contributed by atoms with Crippen LogP contribution in [-0.4, -0.2) is 44.2 Å². The molecule has 0 aromatic heterocycles. The van der Waals surface area contributed by atoms with Gasteiger partial charge in [-0.05, 0) is 24.6 Å². The summed E-state index contributed by atoms with van der Waals surface area (Å²) in [4.78, 5) is 13.9. The number of carbonyl (C=O) groups is 1. The van der Waals surface area contributed by atoms with Crippen LogP contribution < -0.4 is 11.1 Å². The van der Waals surface area contributed by atoms with Crippen molar-refractivity contribution in [1.82, 2.24) is 10.2 Å². The fourth-order valence-electron chi connectivity index (χ4n) is 1.90. The van der Waals surface area contributed by atoms with Gasteiger partial charge in [0, 0.05) is 32.5 Å². The lowest BCUT2D eigenvalue weighted by Crippen LogP contribution is -2.37. The molecule has 0 unspecified atom stereocenters. The molecule has 0 aliphatic rings. The number of methoxy groups -OCH3 is 1. The van der Waals surface area contributed by atoms with Crippen molar-refractivity contribution in [2.24, 2.45) is 0 Å². The van der Waals surface area contributed by atoms with Gasteiger partial charge in [0.2, 0.25) is 5.91 Å². The maximum absolute atomic E-state index is 11.8. The van der Waals surface area contributed by atoms with E-state index in [9.17, 15) is 4.79 Å². The Morgan fingerprint density at radius 2 is 2.15 bits per heavy atom. The minimum absolute atomic E-state index is 0.0393. The normalized spacial score (nSPS) is 10.8. The number of amides is 1. The third-order valence-electron chi connectivity index (χ3n) is 3.11. The largest absolute Gasteiger partial charge is 0.398 e. The molecule has 3 N–H and O–H groups in total. The average Bonchev–Trinajstić information content (AvgIpc) is 2.45. The number of nitrogens with one attached hydrogen (secondary N) is 1. The molecule has 0 atom stereocenters. The molecule has 0 fully saturated rings. The second kappa shape index (κ2) is 9.34. The molecule has 0 aliphatic heterocycles. The number of rotatable bonds is 9. The van der Waals surface area contributed by atoms with Gasteiger partial charge in [-0.1, -0.05) is 25.1 Å². The SMILES string of the molecule is CCN(CC(=O)NCCCOC)Cc1ccccc1N. The fourth-order valence-corrected chi connectivity index (χ4v) is 1.90. The van der Waals surface area contributed by atoms with Crippen LogP contribution in [0, 0.1) is 0 Å². The van der Waals surface area contributed by atoms with E-state index >= 15 is 0 Å². The van der Waals surface area contributed by atoms with Crippen LogP contribution in [0.15, 0.2) is 24.3 Å². The molecule has 0 heterocycles. The molecule has 0 saturated carbocycles. The van der Waals surface area contributed by atoms with Crippen LogP contribution in [0.3, 0.4) is 0 Å². The highest BCUT2D eigenvalue weighted by Gasteiger charge is 2.10. The Kier molecular flexibility index (Phi) is 7.69. The Labute approximate surface area is 121 Å². The Morgan fingerprint density at radius 1 is 1.40 bits per heavy atom. The minimum Gasteiger partial charge on any atom is -0.398 e. The van der Waals surface area contributed by atoms with Crippen LogP contribution in [0.2, 0.25) is 0 Å². The van der Waals surface area contributed by atoms with Crippen LogP contribution in [-0.2, 0) is 16.1 Å². The fraction of sp³-hybridized carbons (Fsp3) is 0.533. The van der Waals surface area contributed by atoms with Gasteiger partial charge in [0.25, 0.3) is 0 Å². The molecule has 5 heteroatoms. The minimum atomic E-state index is 0.0393. The first-order valence-electron chi connectivity index (χ1n) is 6.98. The van der Waals surface area contributed by atoms with Gasteiger partial charge < -0.3 is 15.8 Å². The summed E-state index contributed by atoms with van der Waals surface area (Å²) in [6.07, 6.45) is 0.833. The number of para-hydroxylation sites is 1. The first-order chi connectivity index (χ1) is 9.67. The summed E-state index contributed by atoms with van der Waals surface area (Å²) >= 11 is 0. The van der Waals surface area contributed by atoms with Gasteiger partial charge in [0.05, 0.1) is 6.54 Å². The molecule has 1 amide bonds. The number of ether oxygens (including phenoxy) is 1. The van der Waals surface area contributed by atoms with Crippen molar-refractivity contribution in [3.05, 3.63) is 29.8 Å². The molecule has 0 spiro atoms. The molecule has 1 aromatic carbocycles. The lowest BCUT2D eigenvalue weighted by molar-refractivity contribution is -0.122. The van der Waals surface area contributed by atoms with Crippen molar-refractivity contribution in [1.29, 1.82) is 0 Å². The van der Waals surface area contributed by atoms with E-state index in [1.807, 2.05) is 31.2 Å². The third-order valence-corrected chi connectivity index (χ3v) is 3.11. The first kappa shape index (κ1) is 16.5. The van der Waals surface area contributed by atoms with E-state index in [0.29, 0.717) is 26.2 Å². The molecule has 0 saturated heterocycles. The summed E-state index contributed by atoms with van der Waals surface area (Å²) in [5.41, 5.74) is 7.75. The Hall–Kier alpha value is -1.59. The predicted octanol–water partition coefficient (Wildman–Crippen LogP) is 1.24. The van der Waals surface area contributed by atoms with Gasteiger partial charge >= 0.3 is 0 Å². The number of likely N-dealkylation sites (N-methyl/N-ethyl adjacent to an activating group) is 1. The maximum Gasteiger partial charge on any atom is 0.234 e. The molecule has 0 radical (unpaired) electrons. The van der Waals surface area contributed by atoms with E-state index in [4.69, 9.17) is 10.5 Å². The van der Waals surface area contributed by atoms with Crippen molar-refractivity contribution in [3.63, 3.8) is 0 Å². The van der Waals surface area contributed by atoms with Crippen molar-refractivity contribution >= 4 is 11.6 Å². The van der Waals surface area contributed by atoms with Crippen LogP contribution in [0.4, 0.5) is 5.69 Å². The van der Waals surface area contributed by atoms with Crippen molar-refractivity contribution < 1.29 is 9.53 Å². The number of nitrogens with two attached hydrogens (primary N) is 1. The molecule has 1 rings (SSSR count). The Balaban J connectivity index is 2.39. The summed E-state index contributed by atoms with van der Waals surface area (Å²) in [7, 11) is 1.66. The summed E-state index contributed by atoms with van der Waals surface area (Å²) in [5, 5.41) is 2.89. The number of anilines is 1. The zero-order valence-corrected chi connectivity index (χ0v) is 12.4. The molecule has 112 valence electrons. The number of hydrogen-bond donors (Lipinski definition) is 2. The summed E-state index contributed by atoms with van der Waals surface area (Å²) < 4.78 is 4.94. The quantitative estimate of drug-likeness (QED) is 0.527. The van der Waals surface area contributed by atoms with Gasteiger partial charge in [-0.15, -0.1) is 0 Å². The summed E-state index contributed by atoms with van der Waals surface area (Å²) in [6, 6.07) is 7.75. The number of hydrogen-bond acceptors (Lipinski definition) is 4. The van der Waals surface area contributed by atoms with Crippen LogP contribution in [0.5, 0.6) is 0 Å². The number of nitrogens with zero attached hydrogens (tertiary/aromatic N) is 1. The van der Waals surface area contributed by atoms with Crippen molar-refractivity contribution in [2.75, 3.05) is 39.1 Å². The zero-order chi connectivity index (χ0) is 14.8. The first-order valence-corrected chi connectivity index (χ1v) is 6.98. The van der Waals surface area contributed by atoms with Gasteiger partial charge in [-0.25, -0.2) is 0 Å². The standard InChI is InChI=1S/C15H25N3O2/c1-3-18(11-13-7-4-5-8-14(13)16)12-15(19)17-9-6-10-20-2/h4-5,7-8H,3,6,9-12,16H2,1-2H3,(H,17,19). The van der Waals surface area contributed by atoms with E-state index in [1.165, 1.54) is 0 Å². The number of nitrogen functional groups attached to an aromatic ring is 1. The van der Waals surface area contributed by atoms with Crippen LogP contribution >= 0.6 is 0 Å². The Morgan fingerprint density at radius 3 is 2.80 bits per heavy atom. The molecule has 5 nitrogen and oxygen atoms in total. The summed E-state index contributed by atoms with van der Waals surface area (Å²) in [5.74, 6) is 0.0393. The van der Waals surface area contributed by atoms with Gasteiger partial charge in [-0.2, -0.15) is 0 Å². The topological polar surface area (TPSA) is 67.6 Å². The zero-order valence-electron chi connectivity index (χ0n) is 12.4. The van der Waals surface area contributed by atoms with E-state index in [0.717, 1.165) is 24.2 Å². The highest BCUT2D eigenvalue weighted by Crippen LogP contribution is 2.12. The summed E-state index contributed by atoms with van der Waals surface area (Å²) in [6.45, 7) is 5.24. The number of carbonyl (C=O) groups excluding carboxylic acids is 1. The molecular weight excluding hydrogens is 254 g/mol. The van der Waals surface area contributed by atoms with Crippen LogP contribution in [0.1, 0.15) is 18.9 Å². The molecule has 0 aliphatic carbocycles. The second-order valence-electron chi connectivity index (χ2n) is 4.70. The maximum atomic E-state index is 11.8. The predicted molar refractivity (Wildman–Crippen MR) is 81.3 cm³/mol. The van der Waals surface area contributed by atoms with Gasteiger partial charge in [0.1, 0.15) is 0 Å². The van der Waals surface area contributed by atoms with Crippen molar-refractivity contribution in [2.45, 2.75) is 19.9 Å². The highest BCUT2D eigenvalue weighted by molar-refractivity contribution is 5.78. The molecule has 1 aromatic rings. The smallest absolute Gasteiger partial charge is 0.234 e. The molecule has 20 heavy (non-hydrogen) atoms. The Bertz CT molecular complexity index is 410. The molecule has 0 bridgehead atoms. The average molecular weight is 279 g/mol. The lowest BCUT2D eigenvalue weighted by atomic mass is 10.1. The molecular formula is C15H25N3O2. The number of benzene rings is 1. The van der Waals surface area contributed by atoms with Gasteiger partial charge in [0.15, 0.2) is 0 Å². The third kappa shape index (κ3) is 6.04.